The predicted molar refractivity (Wildman–Crippen MR) is 116 cm³/mol. The number of rotatable bonds is 5. The quantitative estimate of drug-likeness (QED) is 0.784. The summed E-state index contributed by atoms with van der Waals surface area (Å²) in [5, 5.41) is 11.3. The van der Waals surface area contributed by atoms with Crippen molar-refractivity contribution in [3.05, 3.63) is 70.8 Å². The monoisotopic (exact) mass is 428 g/mol. The summed E-state index contributed by atoms with van der Waals surface area (Å²) in [4.78, 5) is 0. The summed E-state index contributed by atoms with van der Waals surface area (Å²) in [7, 11) is 1.55. The molecule has 2 aliphatic heterocycles. The van der Waals surface area contributed by atoms with Crippen LogP contribution in [0.25, 0.3) is 0 Å². The highest BCUT2D eigenvalue weighted by Crippen LogP contribution is 2.37. The van der Waals surface area contributed by atoms with E-state index in [0.717, 1.165) is 11.1 Å². The van der Waals surface area contributed by atoms with E-state index in [1.807, 2.05) is 13.8 Å². The van der Waals surface area contributed by atoms with Gasteiger partial charge in [-0.15, -0.1) is 0 Å². The van der Waals surface area contributed by atoms with Gasteiger partial charge in [-0.3, -0.25) is 0 Å². The third-order valence-corrected chi connectivity index (χ3v) is 5.92. The molecule has 0 spiro atoms. The van der Waals surface area contributed by atoms with E-state index < -0.39 is 42.6 Å². The molecule has 4 rings (SSSR count). The van der Waals surface area contributed by atoms with E-state index in [-0.39, 0.29) is 0 Å². The zero-order chi connectivity index (χ0) is 22.2. The van der Waals surface area contributed by atoms with Crippen LogP contribution in [-0.4, -0.2) is 55.3 Å². The van der Waals surface area contributed by atoms with Gasteiger partial charge in [0.25, 0.3) is 0 Å². The fraction of sp³-hybridized carbons (Fsp3) is 0.520. The van der Waals surface area contributed by atoms with Crippen molar-refractivity contribution in [3.8, 4) is 0 Å². The third kappa shape index (κ3) is 4.85. The molecule has 2 aromatic carbocycles. The first kappa shape index (κ1) is 22.4. The topological polar surface area (TPSA) is 66.4 Å². The standard InChI is InChI=1S/C25H32O6/c1-15-6-10-17(11-7-15)21(18-12-8-16(2)9-13-18)30-23-20(26)22-19(29-24(23)27-5)14-28-25(3,4)31-22/h6-13,19-24,26H,14H2,1-5H3/t19-,20+,22-,23+,24+/m1/s1. The van der Waals surface area contributed by atoms with Crippen molar-refractivity contribution in [3.63, 3.8) is 0 Å². The van der Waals surface area contributed by atoms with Gasteiger partial charge < -0.3 is 28.8 Å². The summed E-state index contributed by atoms with van der Waals surface area (Å²) in [6, 6.07) is 16.4. The lowest BCUT2D eigenvalue weighted by atomic mass is 9.95. The van der Waals surface area contributed by atoms with E-state index in [0.29, 0.717) is 6.61 Å². The number of hydrogen-bond acceptors (Lipinski definition) is 6. The van der Waals surface area contributed by atoms with E-state index in [9.17, 15) is 5.11 Å². The molecule has 2 fully saturated rings. The second-order valence-electron chi connectivity index (χ2n) is 8.86. The SMILES string of the molecule is CO[C@H]1O[C@@H]2COC(C)(C)O[C@H]2[C@H](O)[C@@H]1OC(c1ccc(C)cc1)c1ccc(C)cc1. The molecule has 0 aliphatic carbocycles. The first-order valence-corrected chi connectivity index (χ1v) is 10.7. The number of aliphatic hydroxyl groups excluding tert-OH is 1. The summed E-state index contributed by atoms with van der Waals surface area (Å²) in [6.45, 7) is 8.08. The number of aryl methyl sites for hydroxylation is 2. The Kier molecular flexibility index (Phi) is 6.49. The number of hydrogen-bond donors (Lipinski definition) is 1. The van der Waals surface area contributed by atoms with Crippen LogP contribution in [0, 0.1) is 13.8 Å². The van der Waals surface area contributed by atoms with Crippen LogP contribution in [0.15, 0.2) is 48.5 Å². The van der Waals surface area contributed by atoms with E-state index in [1.165, 1.54) is 11.1 Å². The minimum absolute atomic E-state index is 0.320. The second kappa shape index (κ2) is 8.98. The number of methoxy groups -OCH3 is 1. The molecule has 6 nitrogen and oxygen atoms in total. The Balaban J connectivity index is 1.65. The molecular formula is C25H32O6. The Hall–Kier alpha value is -1.80. The van der Waals surface area contributed by atoms with Crippen LogP contribution in [0.4, 0.5) is 0 Å². The molecule has 0 bridgehead atoms. The molecule has 0 radical (unpaired) electrons. The predicted octanol–water partition coefficient (Wildman–Crippen LogP) is 3.66. The molecule has 2 aliphatic rings. The maximum absolute atomic E-state index is 11.3. The molecular weight excluding hydrogens is 396 g/mol. The van der Waals surface area contributed by atoms with E-state index in [4.69, 9.17) is 23.7 Å². The van der Waals surface area contributed by atoms with Crippen molar-refractivity contribution in [1.82, 2.24) is 0 Å². The molecule has 0 saturated carbocycles. The summed E-state index contributed by atoms with van der Waals surface area (Å²) in [6.07, 6.45) is -3.82. The fourth-order valence-electron chi connectivity index (χ4n) is 4.14. The molecule has 2 aromatic rings. The number of benzene rings is 2. The number of aliphatic hydroxyl groups is 1. The lowest BCUT2D eigenvalue weighted by Gasteiger charge is -2.49. The molecule has 2 heterocycles. The van der Waals surface area contributed by atoms with Gasteiger partial charge in [-0.05, 0) is 38.8 Å². The van der Waals surface area contributed by atoms with Crippen molar-refractivity contribution in [2.45, 2.75) is 70.3 Å². The largest absolute Gasteiger partial charge is 0.387 e. The van der Waals surface area contributed by atoms with E-state index >= 15 is 0 Å². The van der Waals surface area contributed by atoms with Crippen molar-refractivity contribution < 1.29 is 28.8 Å². The Labute approximate surface area is 184 Å². The Morgan fingerprint density at radius 2 is 1.52 bits per heavy atom. The highest BCUT2D eigenvalue weighted by molar-refractivity contribution is 5.33. The minimum atomic E-state index is -0.940. The molecule has 0 unspecified atom stereocenters. The van der Waals surface area contributed by atoms with Gasteiger partial charge >= 0.3 is 0 Å². The van der Waals surface area contributed by atoms with E-state index in [1.54, 1.807) is 7.11 Å². The third-order valence-electron chi connectivity index (χ3n) is 5.92. The average Bonchev–Trinajstić information content (AvgIpc) is 2.75. The number of ether oxygens (including phenoxy) is 5. The van der Waals surface area contributed by atoms with E-state index in [2.05, 4.69) is 62.4 Å². The van der Waals surface area contributed by atoms with Gasteiger partial charge in [0.2, 0.25) is 0 Å². The normalized spacial score (nSPS) is 30.2. The first-order valence-electron chi connectivity index (χ1n) is 10.7. The molecule has 0 aromatic heterocycles. The van der Waals surface area contributed by atoms with Crippen molar-refractivity contribution in [2.24, 2.45) is 0 Å². The van der Waals surface area contributed by atoms with Gasteiger partial charge in [0.1, 0.15) is 30.5 Å². The van der Waals surface area contributed by atoms with Crippen molar-refractivity contribution >= 4 is 0 Å². The molecule has 6 heteroatoms. The molecule has 5 atom stereocenters. The van der Waals surface area contributed by atoms with Gasteiger partial charge in [-0.2, -0.15) is 0 Å². The molecule has 31 heavy (non-hydrogen) atoms. The fourth-order valence-corrected chi connectivity index (χ4v) is 4.14. The molecule has 1 N–H and O–H groups in total. The van der Waals surface area contributed by atoms with Gasteiger partial charge in [0.15, 0.2) is 12.1 Å². The van der Waals surface area contributed by atoms with Crippen LogP contribution in [0.3, 0.4) is 0 Å². The highest BCUT2D eigenvalue weighted by atomic mass is 16.8. The summed E-state index contributed by atoms with van der Waals surface area (Å²) >= 11 is 0. The maximum atomic E-state index is 11.3. The van der Waals surface area contributed by atoms with Crippen LogP contribution < -0.4 is 0 Å². The Morgan fingerprint density at radius 1 is 0.968 bits per heavy atom. The zero-order valence-electron chi connectivity index (χ0n) is 18.8. The zero-order valence-corrected chi connectivity index (χ0v) is 18.8. The average molecular weight is 429 g/mol. The Bertz CT molecular complexity index is 817. The highest BCUT2D eigenvalue weighted by Gasteiger charge is 2.52. The van der Waals surface area contributed by atoms with Crippen molar-refractivity contribution in [1.29, 1.82) is 0 Å². The number of fused-ring (bicyclic) bond motifs is 1. The lowest BCUT2D eigenvalue weighted by Crippen LogP contribution is -2.65. The van der Waals surface area contributed by atoms with Gasteiger partial charge in [0, 0.05) is 7.11 Å². The molecule has 0 amide bonds. The van der Waals surface area contributed by atoms with Gasteiger partial charge in [0.05, 0.1) is 6.61 Å². The lowest BCUT2D eigenvalue weighted by molar-refractivity contribution is -0.385. The summed E-state index contributed by atoms with van der Waals surface area (Å²) in [5.74, 6) is -0.802. The van der Waals surface area contributed by atoms with Crippen LogP contribution in [0.5, 0.6) is 0 Å². The second-order valence-corrected chi connectivity index (χ2v) is 8.86. The van der Waals surface area contributed by atoms with Crippen LogP contribution in [-0.2, 0) is 23.7 Å². The summed E-state index contributed by atoms with van der Waals surface area (Å²) < 4.78 is 29.9. The van der Waals surface area contributed by atoms with Crippen LogP contribution in [0.2, 0.25) is 0 Å². The van der Waals surface area contributed by atoms with Crippen molar-refractivity contribution in [2.75, 3.05) is 13.7 Å². The molecule has 2 saturated heterocycles. The Morgan fingerprint density at radius 3 is 2.03 bits per heavy atom. The smallest absolute Gasteiger partial charge is 0.186 e. The maximum Gasteiger partial charge on any atom is 0.186 e. The summed E-state index contributed by atoms with van der Waals surface area (Å²) in [5.41, 5.74) is 4.32. The molecule has 168 valence electrons. The van der Waals surface area contributed by atoms with Crippen LogP contribution >= 0.6 is 0 Å². The first-order chi connectivity index (χ1) is 14.8. The van der Waals surface area contributed by atoms with Gasteiger partial charge in [-0.1, -0.05) is 59.7 Å². The van der Waals surface area contributed by atoms with Gasteiger partial charge in [-0.25, -0.2) is 0 Å². The minimum Gasteiger partial charge on any atom is -0.387 e. The van der Waals surface area contributed by atoms with Crippen LogP contribution in [0.1, 0.15) is 42.2 Å².